The Morgan fingerprint density at radius 3 is 2.29 bits per heavy atom. The molecule has 1 atom stereocenters. The van der Waals surface area contributed by atoms with E-state index in [0.29, 0.717) is 64.3 Å². The van der Waals surface area contributed by atoms with E-state index in [2.05, 4.69) is 5.32 Å². The van der Waals surface area contributed by atoms with E-state index >= 15 is 0 Å². The average Bonchev–Trinajstić information content (AvgIpc) is 3.29. The zero-order valence-corrected chi connectivity index (χ0v) is 19.9. The topological polar surface area (TPSA) is 112 Å². The number of aryl methyl sites for hydroxylation is 1. The summed E-state index contributed by atoms with van der Waals surface area (Å²) in [5, 5.41) is 2.75. The van der Waals surface area contributed by atoms with Gasteiger partial charge in [-0.3, -0.25) is 19.4 Å². The molecule has 1 aromatic rings. The molecule has 3 aliphatic heterocycles. The lowest BCUT2D eigenvalue weighted by Crippen LogP contribution is -2.51. The number of carbonyl (C=O) groups excluding carboxylic acids is 4. The normalized spacial score (nSPS) is 21.4. The molecule has 0 aliphatic carbocycles. The summed E-state index contributed by atoms with van der Waals surface area (Å²) < 4.78 is 5.06. The van der Waals surface area contributed by atoms with Gasteiger partial charge in [-0.15, -0.1) is 0 Å². The highest BCUT2D eigenvalue weighted by Crippen LogP contribution is 2.31. The molecular weight excluding hydrogens is 438 g/mol. The zero-order valence-electron chi connectivity index (χ0n) is 19.9. The number of likely N-dealkylation sites (tertiary alicyclic amines) is 1. The number of piperidine rings is 1. The van der Waals surface area contributed by atoms with Crippen LogP contribution in [-0.4, -0.2) is 95.4 Å². The summed E-state index contributed by atoms with van der Waals surface area (Å²) in [6.45, 7) is 6.96. The number of aromatic nitrogens is 1. The van der Waals surface area contributed by atoms with E-state index in [4.69, 9.17) is 9.72 Å². The SMILES string of the molecule is CCOC(=O)N1CCN(C(=O)c2ccc(C)nc2C2CCN(C(=O)C3CCC(=O)N3)CC2)CC1. The third-order valence-electron chi connectivity index (χ3n) is 6.87. The predicted molar refractivity (Wildman–Crippen MR) is 123 cm³/mol. The first kappa shape index (κ1) is 24.0. The fraction of sp³-hybridized carbons (Fsp3) is 0.625. The number of ether oxygens (including phenoxy) is 1. The van der Waals surface area contributed by atoms with Crippen molar-refractivity contribution < 1.29 is 23.9 Å². The summed E-state index contributed by atoms with van der Waals surface area (Å²) in [5.41, 5.74) is 2.24. The molecule has 184 valence electrons. The molecular formula is C24H33N5O5. The highest BCUT2D eigenvalue weighted by atomic mass is 16.6. The lowest BCUT2D eigenvalue weighted by Gasteiger charge is -2.36. The van der Waals surface area contributed by atoms with Crippen LogP contribution in [0.1, 0.15) is 60.3 Å². The van der Waals surface area contributed by atoms with Crippen LogP contribution >= 0.6 is 0 Å². The van der Waals surface area contributed by atoms with Crippen molar-refractivity contribution >= 4 is 23.8 Å². The first-order valence-electron chi connectivity index (χ1n) is 12.1. The van der Waals surface area contributed by atoms with Crippen molar-refractivity contribution in [3.8, 4) is 0 Å². The monoisotopic (exact) mass is 471 g/mol. The van der Waals surface area contributed by atoms with Gasteiger partial charge in [0.05, 0.1) is 17.9 Å². The molecule has 0 radical (unpaired) electrons. The van der Waals surface area contributed by atoms with E-state index in [1.807, 2.05) is 24.0 Å². The van der Waals surface area contributed by atoms with Crippen LogP contribution in [0.5, 0.6) is 0 Å². The van der Waals surface area contributed by atoms with Crippen molar-refractivity contribution in [3.63, 3.8) is 0 Å². The number of amides is 4. The number of rotatable bonds is 4. The zero-order chi connectivity index (χ0) is 24.2. The molecule has 0 aromatic carbocycles. The van der Waals surface area contributed by atoms with E-state index in [-0.39, 0.29) is 29.7 Å². The number of hydrogen-bond acceptors (Lipinski definition) is 6. The number of hydrogen-bond donors (Lipinski definition) is 1. The molecule has 34 heavy (non-hydrogen) atoms. The van der Waals surface area contributed by atoms with Gasteiger partial charge in [-0.25, -0.2) is 4.79 Å². The van der Waals surface area contributed by atoms with Crippen LogP contribution in [0.15, 0.2) is 12.1 Å². The van der Waals surface area contributed by atoms with Crippen LogP contribution in [-0.2, 0) is 14.3 Å². The lowest BCUT2D eigenvalue weighted by atomic mass is 9.89. The maximum atomic E-state index is 13.4. The van der Waals surface area contributed by atoms with Gasteiger partial charge in [0, 0.05) is 57.3 Å². The van der Waals surface area contributed by atoms with Gasteiger partial charge in [0.25, 0.3) is 5.91 Å². The Balaban J connectivity index is 1.40. The molecule has 0 saturated carbocycles. The minimum atomic E-state index is -0.411. The van der Waals surface area contributed by atoms with Crippen LogP contribution in [0.2, 0.25) is 0 Å². The Morgan fingerprint density at radius 2 is 1.68 bits per heavy atom. The number of nitrogens with zero attached hydrogens (tertiary/aromatic N) is 4. The summed E-state index contributed by atoms with van der Waals surface area (Å²) in [6.07, 6.45) is 2.06. The van der Waals surface area contributed by atoms with Crippen LogP contribution < -0.4 is 5.32 Å². The molecule has 0 spiro atoms. The molecule has 1 N–H and O–H groups in total. The quantitative estimate of drug-likeness (QED) is 0.708. The Bertz CT molecular complexity index is 951. The van der Waals surface area contributed by atoms with Gasteiger partial charge in [-0.2, -0.15) is 0 Å². The van der Waals surface area contributed by atoms with Gasteiger partial charge >= 0.3 is 6.09 Å². The summed E-state index contributed by atoms with van der Waals surface area (Å²) in [7, 11) is 0. The summed E-state index contributed by atoms with van der Waals surface area (Å²) in [6, 6.07) is 3.29. The maximum absolute atomic E-state index is 13.4. The molecule has 4 heterocycles. The van der Waals surface area contributed by atoms with Crippen LogP contribution in [0, 0.1) is 6.92 Å². The largest absolute Gasteiger partial charge is 0.450 e. The Morgan fingerprint density at radius 1 is 1.00 bits per heavy atom. The molecule has 0 bridgehead atoms. The molecule has 1 unspecified atom stereocenters. The summed E-state index contributed by atoms with van der Waals surface area (Å²) >= 11 is 0. The van der Waals surface area contributed by atoms with Gasteiger partial charge in [0.15, 0.2) is 0 Å². The van der Waals surface area contributed by atoms with Crippen molar-refractivity contribution in [2.45, 2.75) is 51.5 Å². The van der Waals surface area contributed by atoms with E-state index in [1.54, 1.807) is 16.7 Å². The molecule has 10 nitrogen and oxygen atoms in total. The fourth-order valence-corrected chi connectivity index (χ4v) is 4.94. The minimum absolute atomic E-state index is 0.0164. The molecule has 4 amide bonds. The highest BCUT2D eigenvalue weighted by molar-refractivity contribution is 5.95. The van der Waals surface area contributed by atoms with Crippen molar-refractivity contribution in [3.05, 3.63) is 29.1 Å². The van der Waals surface area contributed by atoms with E-state index in [9.17, 15) is 19.2 Å². The second kappa shape index (κ2) is 10.4. The second-order valence-electron chi connectivity index (χ2n) is 9.12. The van der Waals surface area contributed by atoms with Gasteiger partial charge in [-0.1, -0.05) is 0 Å². The predicted octanol–water partition coefficient (Wildman–Crippen LogP) is 1.29. The standard InChI is InChI=1S/C24H33N5O5/c1-3-34-24(33)29-14-12-28(13-15-29)22(31)18-5-4-16(2)25-21(18)17-8-10-27(11-9-17)23(32)19-6-7-20(30)26-19/h4-5,17,19H,3,6-15H2,1-2H3,(H,26,30). The molecule has 3 aliphatic rings. The molecule has 3 saturated heterocycles. The highest BCUT2D eigenvalue weighted by Gasteiger charge is 2.35. The number of nitrogens with one attached hydrogen (secondary N) is 1. The van der Waals surface area contributed by atoms with Crippen molar-refractivity contribution in [1.29, 1.82) is 0 Å². The molecule has 10 heteroatoms. The Kier molecular flexibility index (Phi) is 7.33. The van der Waals surface area contributed by atoms with E-state index < -0.39 is 6.04 Å². The first-order chi connectivity index (χ1) is 16.4. The van der Waals surface area contributed by atoms with Crippen molar-refractivity contribution in [1.82, 2.24) is 25.0 Å². The third kappa shape index (κ3) is 5.15. The van der Waals surface area contributed by atoms with Crippen LogP contribution in [0.3, 0.4) is 0 Å². The Labute approximate surface area is 199 Å². The first-order valence-corrected chi connectivity index (χ1v) is 12.1. The van der Waals surface area contributed by atoms with Crippen molar-refractivity contribution in [2.75, 3.05) is 45.9 Å². The van der Waals surface area contributed by atoms with Gasteiger partial charge < -0.3 is 24.8 Å². The number of carbonyl (C=O) groups is 4. The van der Waals surface area contributed by atoms with Crippen LogP contribution in [0.4, 0.5) is 4.79 Å². The third-order valence-corrected chi connectivity index (χ3v) is 6.87. The number of piperazine rings is 1. The molecule has 3 fully saturated rings. The van der Waals surface area contributed by atoms with Gasteiger partial charge in [-0.05, 0) is 45.2 Å². The van der Waals surface area contributed by atoms with Gasteiger partial charge in [0.1, 0.15) is 6.04 Å². The lowest BCUT2D eigenvalue weighted by molar-refractivity contribution is -0.135. The average molecular weight is 472 g/mol. The summed E-state index contributed by atoms with van der Waals surface area (Å²) in [5.74, 6) is -0.0687. The van der Waals surface area contributed by atoms with E-state index in [1.165, 1.54) is 0 Å². The number of pyridine rings is 1. The minimum Gasteiger partial charge on any atom is -0.450 e. The Hall–Kier alpha value is -3.17. The van der Waals surface area contributed by atoms with E-state index in [0.717, 1.165) is 24.2 Å². The summed E-state index contributed by atoms with van der Waals surface area (Å²) in [4.78, 5) is 59.5. The molecule has 4 rings (SSSR count). The smallest absolute Gasteiger partial charge is 0.409 e. The van der Waals surface area contributed by atoms with Gasteiger partial charge in [0.2, 0.25) is 11.8 Å². The van der Waals surface area contributed by atoms with Crippen molar-refractivity contribution in [2.24, 2.45) is 0 Å². The van der Waals surface area contributed by atoms with Crippen LogP contribution in [0.25, 0.3) is 0 Å². The molecule has 1 aromatic heterocycles. The fourth-order valence-electron chi connectivity index (χ4n) is 4.94. The second-order valence-corrected chi connectivity index (χ2v) is 9.12. The maximum Gasteiger partial charge on any atom is 0.409 e.